The molecule has 20 heavy (non-hydrogen) atoms. The van der Waals surface area contributed by atoms with Crippen molar-refractivity contribution in [1.29, 1.82) is 0 Å². The van der Waals surface area contributed by atoms with E-state index in [9.17, 15) is 4.55 Å². The van der Waals surface area contributed by atoms with E-state index in [0.717, 1.165) is 31.9 Å². The number of hydrogen-bond acceptors (Lipinski definition) is 4. The quantitative estimate of drug-likeness (QED) is 0.635. The van der Waals surface area contributed by atoms with Gasteiger partial charge in [0.25, 0.3) is 0 Å². The zero-order chi connectivity index (χ0) is 14.6. The van der Waals surface area contributed by atoms with Gasteiger partial charge in [0, 0.05) is 18.8 Å². The van der Waals surface area contributed by atoms with Crippen molar-refractivity contribution in [3.8, 4) is 0 Å². The van der Waals surface area contributed by atoms with Crippen LogP contribution in [0.5, 0.6) is 0 Å². The first-order valence-electron chi connectivity index (χ1n) is 6.86. The average molecular weight is 294 g/mol. The highest BCUT2D eigenvalue weighted by molar-refractivity contribution is 7.91. The summed E-state index contributed by atoms with van der Waals surface area (Å²) >= 11 is -1.21. The van der Waals surface area contributed by atoms with Gasteiger partial charge in [0.2, 0.25) is 0 Å². The van der Waals surface area contributed by atoms with E-state index in [1.807, 2.05) is 32.9 Å². The normalized spacial score (nSPS) is 18.5. The Morgan fingerprint density at radius 3 is 2.65 bits per heavy atom. The molecule has 1 aromatic rings. The highest BCUT2D eigenvalue weighted by atomic mass is 32.2. The molecule has 0 amide bonds. The van der Waals surface area contributed by atoms with E-state index in [0.29, 0.717) is 0 Å². The van der Waals surface area contributed by atoms with Crippen molar-refractivity contribution in [2.75, 3.05) is 31.2 Å². The molecule has 1 unspecified atom stereocenters. The Bertz CT molecular complexity index is 465. The fraction of sp³-hybridized carbons (Fsp3) is 0.533. The molecule has 0 bridgehead atoms. The number of morpholine rings is 1. The molecule has 1 heterocycles. The number of ether oxygens (including phenoxy) is 1. The first kappa shape index (κ1) is 15.4. The van der Waals surface area contributed by atoms with Gasteiger partial charge in [0.1, 0.15) is 16.1 Å². The highest BCUT2D eigenvalue weighted by Gasteiger charge is 2.25. The molecule has 1 aromatic carbocycles. The first-order valence-corrected chi connectivity index (χ1v) is 7.96. The Balaban J connectivity index is 2.07. The van der Waals surface area contributed by atoms with Crippen molar-refractivity contribution in [2.45, 2.75) is 25.5 Å². The van der Waals surface area contributed by atoms with E-state index in [1.54, 1.807) is 6.21 Å². The summed E-state index contributed by atoms with van der Waals surface area (Å²) in [6.07, 6.45) is 1.70. The zero-order valence-electron chi connectivity index (χ0n) is 12.3. The van der Waals surface area contributed by atoms with E-state index >= 15 is 0 Å². The predicted molar refractivity (Wildman–Crippen MR) is 85.0 cm³/mol. The van der Waals surface area contributed by atoms with Crippen molar-refractivity contribution < 1.29 is 9.29 Å². The molecule has 1 saturated heterocycles. The minimum absolute atomic E-state index is 0.321. The summed E-state index contributed by atoms with van der Waals surface area (Å²) in [6, 6.07) is 8.15. The summed E-state index contributed by atoms with van der Waals surface area (Å²) in [4.78, 5) is 2.29. The van der Waals surface area contributed by atoms with Gasteiger partial charge in [-0.2, -0.15) is 0 Å². The van der Waals surface area contributed by atoms with Crippen LogP contribution in [0.1, 0.15) is 26.3 Å². The van der Waals surface area contributed by atoms with E-state index in [4.69, 9.17) is 4.74 Å². The summed E-state index contributed by atoms with van der Waals surface area (Å²) in [7, 11) is 0. The maximum Gasteiger partial charge on any atom is 0.144 e. The van der Waals surface area contributed by atoms with Gasteiger partial charge in [0.15, 0.2) is 0 Å². The molecule has 1 atom stereocenters. The fourth-order valence-corrected chi connectivity index (χ4v) is 2.42. The highest BCUT2D eigenvalue weighted by Crippen LogP contribution is 2.19. The smallest absolute Gasteiger partial charge is 0.144 e. The van der Waals surface area contributed by atoms with Crippen molar-refractivity contribution in [3.05, 3.63) is 29.8 Å². The van der Waals surface area contributed by atoms with Crippen LogP contribution in [-0.4, -0.2) is 41.8 Å². The van der Waals surface area contributed by atoms with Gasteiger partial charge in [-0.1, -0.05) is 16.5 Å². The number of nitrogens with zero attached hydrogens (tertiary/aromatic N) is 2. The molecule has 0 spiro atoms. The third-order valence-electron chi connectivity index (χ3n) is 3.07. The summed E-state index contributed by atoms with van der Waals surface area (Å²) in [5.41, 5.74) is 2.14. The molecular weight excluding hydrogens is 272 g/mol. The minimum Gasteiger partial charge on any atom is -0.591 e. The van der Waals surface area contributed by atoms with Crippen LogP contribution in [0.15, 0.2) is 28.7 Å². The first-order chi connectivity index (χ1) is 9.47. The van der Waals surface area contributed by atoms with Gasteiger partial charge in [-0.15, -0.1) is 0 Å². The van der Waals surface area contributed by atoms with E-state index in [1.165, 1.54) is 5.69 Å². The SMILES string of the molecule is CC(C)(C)[S+]([O-])/N=C/c1cccc(N2CCOCC2)c1. The maximum atomic E-state index is 11.9. The van der Waals surface area contributed by atoms with E-state index < -0.39 is 11.4 Å². The molecular formula is C15H22N2O2S. The monoisotopic (exact) mass is 294 g/mol. The summed E-state index contributed by atoms with van der Waals surface area (Å²) in [5.74, 6) is 0. The number of benzene rings is 1. The lowest BCUT2D eigenvalue weighted by Gasteiger charge is -2.29. The number of hydrogen-bond donors (Lipinski definition) is 0. The maximum absolute atomic E-state index is 11.9. The van der Waals surface area contributed by atoms with Gasteiger partial charge in [-0.05, 0) is 38.5 Å². The molecule has 5 heteroatoms. The van der Waals surface area contributed by atoms with Gasteiger partial charge >= 0.3 is 0 Å². The zero-order valence-corrected chi connectivity index (χ0v) is 13.2. The second-order valence-corrected chi connectivity index (χ2v) is 7.72. The number of anilines is 1. The largest absolute Gasteiger partial charge is 0.591 e. The second-order valence-electron chi connectivity index (χ2n) is 5.79. The molecule has 4 nitrogen and oxygen atoms in total. The van der Waals surface area contributed by atoms with Crippen LogP contribution in [0.4, 0.5) is 5.69 Å². The van der Waals surface area contributed by atoms with Crippen molar-refractivity contribution in [1.82, 2.24) is 0 Å². The molecule has 0 aromatic heterocycles. The Labute approximate surface area is 124 Å². The topological polar surface area (TPSA) is 47.9 Å². The predicted octanol–water partition coefficient (Wildman–Crippen LogP) is 2.40. The van der Waals surface area contributed by atoms with Crippen molar-refractivity contribution >= 4 is 23.3 Å². The van der Waals surface area contributed by atoms with Crippen LogP contribution in [0.2, 0.25) is 0 Å². The van der Waals surface area contributed by atoms with Crippen LogP contribution in [-0.2, 0) is 16.1 Å². The van der Waals surface area contributed by atoms with Gasteiger partial charge < -0.3 is 14.2 Å². The Kier molecular flexibility index (Phi) is 5.07. The molecule has 0 N–H and O–H groups in total. The number of rotatable bonds is 3. The molecule has 1 aliphatic rings. The van der Waals surface area contributed by atoms with Crippen LogP contribution >= 0.6 is 0 Å². The Hall–Kier alpha value is -1.04. The molecule has 1 aliphatic heterocycles. The standard InChI is InChI=1S/C15H22N2O2S/c1-15(2,3)20(18)16-12-13-5-4-6-14(11-13)17-7-9-19-10-8-17/h4-6,11-12H,7-10H2,1-3H3/b16-12+. The lowest BCUT2D eigenvalue weighted by Crippen LogP contribution is -2.36. The third-order valence-corrected chi connectivity index (χ3v) is 4.41. The Morgan fingerprint density at radius 2 is 2.00 bits per heavy atom. The van der Waals surface area contributed by atoms with Crippen molar-refractivity contribution in [3.63, 3.8) is 0 Å². The van der Waals surface area contributed by atoms with Crippen LogP contribution in [0.25, 0.3) is 0 Å². The summed E-state index contributed by atoms with van der Waals surface area (Å²) in [6.45, 7) is 9.13. The molecule has 0 aliphatic carbocycles. The third kappa shape index (κ3) is 4.23. The molecule has 1 fully saturated rings. The van der Waals surface area contributed by atoms with Gasteiger partial charge in [-0.3, -0.25) is 0 Å². The Morgan fingerprint density at radius 1 is 1.30 bits per heavy atom. The fourth-order valence-electron chi connectivity index (χ4n) is 1.89. The van der Waals surface area contributed by atoms with Gasteiger partial charge in [-0.25, -0.2) is 0 Å². The molecule has 0 saturated carbocycles. The average Bonchev–Trinajstić information content (AvgIpc) is 2.45. The minimum atomic E-state index is -1.21. The van der Waals surface area contributed by atoms with E-state index in [2.05, 4.69) is 21.4 Å². The summed E-state index contributed by atoms with van der Waals surface area (Å²) in [5, 5.41) is 0. The van der Waals surface area contributed by atoms with Crippen molar-refractivity contribution in [2.24, 2.45) is 4.40 Å². The van der Waals surface area contributed by atoms with Crippen LogP contribution < -0.4 is 4.90 Å². The molecule has 2 rings (SSSR count). The molecule has 0 radical (unpaired) electrons. The van der Waals surface area contributed by atoms with Crippen LogP contribution in [0.3, 0.4) is 0 Å². The van der Waals surface area contributed by atoms with Gasteiger partial charge in [0.05, 0.1) is 19.4 Å². The van der Waals surface area contributed by atoms with Crippen LogP contribution in [0, 0.1) is 0 Å². The van der Waals surface area contributed by atoms with E-state index in [-0.39, 0.29) is 4.75 Å². The summed E-state index contributed by atoms with van der Waals surface area (Å²) < 4.78 is 21.1. The lowest BCUT2D eigenvalue weighted by atomic mass is 10.2. The molecule has 110 valence electrons. The lowest BCUT2D eigenvalue weighted by molar-refractivity contribution is 0.122. The second kappa shape index (κ2) is 6.61.